The third-order valence-electron chi connectivity index (χ3n) is 11.2. The van der Waals surface area contributed by atoms with Crippen LogP contribution in [0.15, 0.2) is 60.7 Å². The highest BCUT2D eigenvalue weighted by molar-refractivity contribution is 6.02. The van der Waals surface area contributed by atoms with Gasteiger partial charge in [0.05, 0.1) is 22.8 Å². The van der Waals surface area contributed by atoms with Gasteiger partial charge in [0.25, 0.3) is 5.91 Å². The summed E-state index contributed by atoms with van der Waals surface area (Å²) in [6, 6.07) is 15.0. The fourth-order valence-corrected chi connectivity index (χ4v) is 7.83. The molecule has 17 nitrogen and oxygen atoms in total. The van der Waals surface area contributed by atoms with Crippen LogP contribution >= 0.6 is 0 Å². The van der Waals surface area contributed by atoms with Crippen LogP contribution in [0.2, 0.25) is 0 Å². The number of carbonyl (C=O) groups is 5. The summed E-state index contributed by atoms with van der Waals surface area (Å²) in [7, 11) is 1.44. The van der Waals surface area contributed by atoms with Gasteiger partial charge in [-0.05, 0) is 98.8 Å². The Kier molecular flexibility index (Phi) is 18.2. The van der Waals surface area contributed by atoms with Gasteiger partial charge in [-0.25, -0.2) is 0 Å². The molecule has 346 valence electrons. The number of nitrogens with zero attached hydrogens (tertiary/aromatic N) is 3. The molecule has 4 aromatic rings. The van der Waals surface area contributed by atoms with Crippen molar-refractivity contribution in [2.24, 2.45) is 17.2 Å². The molecule has 4 bridgehead atoms. The zero-order valence-corrected chi connectivity index (χ0v) is 37.7. The van der Waals surface area contributed by atoms with Crippen LogP contribution in [-0.4, -0.2) is 104 Å². The minimum Gasteiger partial charge on any atom is -0.492 e. The van der Waals surface area contributed by atoms with E-state index in [2.05, 4.69) is 34.3 Å². The topological polar surface area (TPSA) is 270 Å². The van der Waals surface area contributed by atoms with E-state index in [-0.39, 0.29) is 52.2 Å². The van der Waals surface area contributed by atoms with Gasteiger partial charge in [-0.2, -0.15) is 5.26 Å². The number of hydrogen-bond donors (Lipinski definition) is 7. The number of nitrogens with one attached hydrogen (secondary N) is 4. The summed E-state index contributed by atoms with van der Waals surface area (Å²) in [5, 5.41) is 20.8. The number of pyridine rings is 1. The normalized spacial score (nSPS) is 16.6. The van der Waals surface area contributed by atoms with Gasteiger partial charge < -0.3 is 52.8 Å². The summed E-state index contributed by atoms with van der Waals surface area (Å²) in [4.78, 5) is 76.4. The number of nitrogens with two attached hydrogens (primary N) is 3. The van der Waals surface area contributed by atoms with Crippen molar-refractivity contribution in [3.05, 3.63) is 88.6 Å². The van der Waals surface area contributed by atoms with Crippen molar-refractivity contribution in [2.75, 3.05) is 46.4 Å². The minimum absolute atomic E-state index is 0.00951. The van der Waals surface area contributed by atoms with E-state index in [1.165, 1.54) is 25.3 Å². The highest BCUT2D eigenvalue weighted by atomic mass is 16.5. The number of amides is 5. The first-order valence-corrected chi connectivity index (χ1v) is 22.2. The van der Waals surface area contributed by atoms with Crippen LogP contribution < -0.4 is 47.9 Å². The zero-order valence-electron chi connectivity index (χ0n) is 37.7. The molecule has 1 aliphatic heterocycles. The first kappa shape index (κ1) is 49.4. The average molecular weight is 891 g/mol. The average Bonchev–Trinajstić information content (AvgIpc) is 3.29. The Labute approximate surface area is 380 Å². The first-order valence-electron chi connectivity index (χ1n) is 22.2. The van der Waals surface area contributed by atoms with Crippen LogP contribution in [0.25, 0.3) is 22.0 Å². The van der Waals surface area contributed by atoms with Gasteiger partial charge in [0.1, 0.15) is 55.4 Å². The van der Waals surface area contributed by atoms with Gasteiger partial charge in [0.2, 0.25) is 23.6 Å². The smallest absolute Gasteiger partial charge is 0.253 e. The summed E-state index contributed by atoms with van der Waals surface area (Å²) in [5.74, 6) is -2.41. The molecular formula is C48H62N10O7. The lowest BCUT2D eigenvalue weighted by Crippen LogP contribution is -2.56. The molecule has 5 rings (SSSR count). The Morgan fingerprint density at radius 3 is 2.29 bits per heavy atom. The quantitative estimate of drug-likeness (QED) is 0.0529. The molecule has 1 unspecified atom stereocenters. The molecule has 4 atom stereocenters. The van der Waals surface area contributed by atoms with Crippen LogP contribution in [-0.2, 0) is 32.0 Å². The van der Waals surface area contributed by atoms with Crippen molar-refractivity contribution in [1.82, 2.24) is 31.2 Å². The van der Waals surface area contributed by atoms with E-state index >= 15 is 0 Å². The van der Waals surface area contributed by atoms with Gasteiger partial charge >= 0.3 is 0 Å². The molecular weight excluding hydrogens is 829 g/mol. The fraction of sp³-hybridized carbons (Fsp3) is 0.438. The highest BCUT2D eigenvalue weighted by Gasteiger charge is 2.36. The maximum absolute atomic E-state index is 14.7. The summed E-state index contributed by atoms with van der Waals surface area (Å²) in [6.07, 6.45) is 5.46. The van der Waals surface area contributed by atoms with Crippen LogP contribution in [0.5, 0.6) is 11.5 Å². The predicted molar refractivity (Wildman–Crippen MR) is 248 cm³/mol. The maximum atomic E-state index is 14.7. The Balaban J connectivity index is 1.57. The second kappa shape index (κ2) is 23.9. The van der Waals surface area contributed by atoms with Gasteiger partial charge in [-0.1, -0.05) is 44.4 Å². The number of unbranched alkanes of at least 4 members (excludes halogenated alkanes) is 3. The van der Waals surface area contributed by atoms with Crippen LogP contribution in [0, 0.1) is 18.3 Å². The van der Waals surface area contributed by atoms with E-state index in [4.69, 9.17) is 36.9 Å². The van der Waals surface area contributed by atoms with Crippen molar-refractivity contribution in [3.8, 4) is 28.7 Å². The fourth-order valence-electron chi connectivity index (χ4n) is 7.83. The third kappa shape index (κ3) is 12.8. The van der Waals surface area contributed by atoms with Gasteiger partial charge in [-0.3, -0.25) is 29.0 Å². The zero-order chi connectivity index (χ0) is 47.0. The number of aromatic nitrogens is 1. The molecule has 0 saturated carbocycles. The van der Waals surface area contributed by atoms with Crippen molar-refractivity contribution >= 4 is 40.4 Å². The molecule has 2 heterocycles. The number of rotatable bonds is 19. The van der Waals surface area contributed by atoms with E-state index < -0.39 is 53.7 Å². The lowest BCUT2D eigenvalue weighted by molar-refractivity contribution is -0.141. The number of carbonyl (C=O) groups excluding carboxylic acids is 5. The van der Waals surface area contributed by atoms with E-state index in [0.29, 0.717) is 45.0 Å². The molecule has 0 spiro atoms. The van der Waals surface area contributed by atoms with Gasteiger partial charge in [0, 0.05) is 43.1 Å². The molecule has 0 fully saturated rings. The van der Waals surface area contributed by atoms with E-state index in [1.807, 2.05) is 18.2 Å². The number of likely N-dealkylation sites (N-methyl/N-ethyl adjacent to an activating group) is 1. The third-order valence-corrected chi connectivity index (χ3v) is 11.2. The molecule has 1 aromatic heterocycles. The standard InChI is InChI=1S/C48H62N10O7/c1-5-6-7-8-9-31-10-13-38-34(24-31)28-35(29(2)54-38)45(60)56-39(16-17-49)48(63)58(4)43-33-12-15-42(65-23-20-52)37(27-33)36-25-32(11-14-41(36)64-22-19-51)26-40(46(61)53-21-18-50)57-44(59)30(3)55-47(43)62/h10-15,24-25,27-28,30,39-40,43H,5-9,16-17,19-23,26,49,51-52H2,1-4H3,(H,53,61)(H,55,62)(H,56,60)(H,57,59)/t30-,39?,40-,43-/m0/s1. The Hall–Kier alpha value is -6.61. The second-order valence-corrected chi connectivity index (χ2v) is 16.1. The molecule has 3 aromatic carbocycles. The molecule has 65 heavy (non-hydrogen) atoms. The largest absolute Gasteiger partial charge is 0.492 e. The van der Waals surface area contributed by atoms with Crippen LogP contribution in [0.3, 0.4) is 0 Å². The Bertz CT molecular complexity index is 2380. The number of nitriles is 1. The van der Waals surface area contributed by atoms with Crippen molar-refractivity contribution in [3.63, 3.8) is 0 Å². The van der Waals surface area contributed by atoms with Crippen LogP contribution in [0.1, 0.15) is 84.7 Å². The monoisotopic (exact) mass is 890 g/mol. The summed E-state index contributed by atoms with van der Waals surface area (Å²) in [5.41, 5.74) is 22.3. The lowest BCUT2D eigenvalue weighted by atomic mass is 9.93. The predicted octanol–water partition coefficient (Wildman–Crippen LogP) is 2.84. The second-order valence-electron chi connectivity index (χ2n) is 16.1. The summed E-state index contributed by atoms with van der Waals surface area (Å²) < 4.78 is 12.2. The Morgan fingerprint density at radius 1 is 0.908 bits per heavy atom. The molecule has 10 N–H and O–H groups in total. The molecule has 0 radical (unpaired) electrons. The molecule has 0 aliphatic carbocycles. The number of benzene rings is 3. The Morgan fingerprint density at radius 2 is 1.62 bits per heavy atom. The highest BCUT2D eigenvalue weighted by Crippen LogP contribution is 2.40. The number of aryl methyl sites for hydroxylation is 2. The van der Waals surface area contributed by atoms with E-state index in [9.17, 15) is 24.0 Å². The molecule has 5 amide bonds. The summed E-state index contributed by atoms with van der Waals surface area (Å²) in [6.45, 7) is 5.79. The number of fused-ring (bicyclic) bond motifs is 6. The molecule has 0 saturated heterocycles. The van der Waals surface area contributed by atoms with Crippen molar-refractivity contribution in [1.29, 1.82) is 5.26 Å². The van der Waals surface area contributed by atoms with E-state index in [1.54, 1.807) is 49.4 Å². The number of hydrogen-bond acceptors (Lipinski definition) is 12. The SMILES string of the molecule is CCCCCCc1ccc2nc(C)c(C(=O)NC(CCN)C(=O)N(C)[C@@H]3C(=O)N[C@@H](C)C(=O)N[C@H](C(=O)NCC#N)Cc4ccc(OCCN)c(c4)-c4cc3ccc4OCCN)cc2c1. The van der Waals surface area contributed by atoms with Crippen molar-refractivity contribution < 1.29 is 33.4 Å². The number of ether oxygens (including phenoxy) is 2. The summed E-state index contributed by atoms with van der Waals surface area (Å²) >= 11 is 0. The maximum Gasteiger partial charge on any atom is 0.253 e. The lowest BCUT2D eigenvalue weighted by Gasteiger charge is -2.32. The van der Waals surface area contributed by atoms with Crippen LogP contribution in [0.4, 0.5) is 0 Å². The van der Waals surface area contributed by atoms with Gasteiger partial charge in [-0.15, -0.1) is 0 Å². The first-order chi connectivity index (χ1) is 31.3. The minimum atomic E-state index is -1.38. The molecule has 1 aliphatic rings. The van der Waals surface area contributed by atoms with E-state index in [0.717, 1.165) is 42.1 Å². The van der Waals surface area contributed by atoms with Gasteiger partial charge in [0.15, 0.2) is 0 Å². The molecule has 17 heteroatoms. The van der Waals surface area contributed by atoms with Crippen molar-refractivity contribution in [2.45, 2.75) is 89.9 Å².